The SMILES string of the molecule is CC[C@H](N)C(=O)O.CC[C@H](Nc1cc(C)nc2c(-c3ccc(OC)cc3C)c(C)nn12)C(=O)O.CC[C@H](Nc1cc(C)nc2c(-c3ccc(OC)cc3C)c(C)nn12)C(=O)O/N=C(\C)N.COc1ccc(-c2c(C)nn3c(Cl)cc(C)nc23)c(C)c1. The molecule has 0 saturated heterocycles. The number of benzene rings is 3. The smallest absolute Gasteiger partial charge is 0.357 e. The number of fused-ring (bicyclic) bond motifs is 3. The van der Waals surface area contributed by atoms with Crippen LogP contribution < -0.4 is 36.3 Å². The van der Waals surface area contributed by atoms with Gasteiger partial charge in [0.1, 0.15) is 58.0 Å². The number of nitrogens with one attached hydrogen (secondary N) is 2. The topological polar surface area (TPSA) is 308 Å². The standard InChI is InChI=1S/C22H28N6O3.C20H24N4O3.C16H16ClN3O.C4H9NO2/c1-7-18(22(29)31-27-15(5)23)25-19-11-13(3)24-21-20(14(4)26-28(19)21)17-9-8-16(30-6)10-12(17)2;1-6-16(20(25)26)22-17-10-12(3)21-19-18(13(4)23-24(17)19)15-8-7-14(27-5)9-11(15)2;1-9-7-12(21-4)5-6-13(9)15-11(3)19-20-14(17)8-10(2)18-16(15)20;1-2-3(5)4(6)7/h8-11,18,25H,7H2,1-6H3,(H2,23,27);7-10,16,22H,6H2,1-5H3,(H,25,26);5-8H,1-4H3;3H,2,5H2,1H3,(H,6,7)/t18-;16-;;3-/m00.0/s1. The van der Waals surface area contributed by atoms with Crippen LogP contribution in [0.25, 0.3) is 50.3 Å². The molecule has 9 rings (SSSR count). The van der Waals surface area contributed by atoms with Crippen LogP contribution >= 0.6 is 11.6 Å². The highest BCUT2D eigenvalue weighted by Crippen LogP contribution is 2.36. The second-order valence-electron chi connectivity index (χ2n) is 20.5. The summed E-state index contributed by atoms with van der Waals surface area (Å²) in [5.74, 6) is 1.51. The number of carbonyl (C=O) groups is 3. The summed E-state index contributed by atoms with van der Waals surface area (Å²) in [5, 5.41) is 41.7. The van der Waals surface area contributed by atoms with Gasteiger partial charge in [0.05, 0.1) is 38.4 Å². The summed E-state index contributed by atoms with van der Waals surface area (Å²) >= 11 is 6.26. The van der Waals surface area contributed by atoms with Gasteiger partial charge in [-0.05, 0) is 164 Å². The number of carboxylic acids is 2. The fourth-order valence-electron chi connectivity index (χ4n) is 9.35. The fourth-order valence-corrected chi connectivity index (χ4v) is 9.63. The second-order valence-corrected chi connectivity index (χ2v) is 20.8. The summed E-state index contributed by atoms with van der Waals surface area (Å²) in [6.45, 7) is 24.7. The van der Waals surface area contributed by atoms with Gasteiger partial charge in [0, 0.05) is 45.9 Å². The van der Waals surface area contributed by atoms with E-state index in [9.17, 15) is 19.5 Å². The van der Waals surface area contributed by atoms with E-state index in [4.69, 9.17) is 57.3 Å². The molecule has 0 radical (unpaired) electrons. The number of rotatable bonds is 17. The molecule has 9 aromatic rings. The number of aryl methyl sites for hydroxylation is 9. The maximum atomic E-state index is 12.4. The Balaban J connectivity index is 0.000000198. The molecule has 6 heterocycles. The molecule has 3 aromatic carbocycles. The molecule has 24 heteroatoms. The van der Waals surface area contributed by atoms with Crippen LogP contribution in [0.15, 0.2) is 78.0 Å². The quantitative estimate of drug-likeness (QED) is 0.0162. The summed E-state index contributed by atoms with van der Waals surface area (Å²) in [7, 11) is 4.96. The van der Waals surface area contributed by atoms with Crippen molar-refractivity contribution in [2.24, 2.45) is 16.6 Å². The van der Waals surface area contributed by atoms with E-state index >= 15 is 0 Å². The molecule has 0 aliphatic heterocycles. The molecule has 8 N–H and O–H groups in total. The number of amidine groups is 1. The molecule has 0 amide bonds. The molecule has 6 aromatic heterocycles. The van der Waals surface area contributed by atoms with E-state index in [1.165, 1.54) is 0 Å². The zero-order valence-electron chi connectivity index (χ0n) is 51.5. The lowest BCUT2D eigenvalue weighted by Crippen LogP contribution is -2.31. The van der Waals surface area contributed by atoms with Gasteiger partial charge >= 0.3 is 17.9 Å². The number of oxime groups is 1. The number of hydrogen-bond donors (Lipinski definition) is 6. The van der Waals surface area contributed by atoms with Gasteiger partial charge in [-0.1, -0.05) is 55.7 Å². The first-order chi connectivity index (χ1) is 40.8. The summed E-state index contributed by atoms with van der Waals surface area (Å²) in [6, 6.07) is 21.3. The first-order valence-corrected chi connectivity index (χ1v) is 28.1. The van der Waals surface area contributed by atoms with E-state index in [0.717, 1.165) is 107 Å². The molecule has 86 heavy (non-hydrogen) atoms. The third-order valence-electron chi connectivity index (χ3n) is 13.8. The summed E-state index contributed by atoms with van der Waals surface area (Å²) < 4.78 is 21.0. The number of anilines is 2. The van der Waals surface area contributed by atoms with Crippen LogP contribution in [0.2, 0.25) is 5.15 Å². The maximum absolute atomic E-state index is 12.4. The highest BCUT2D eigenvalue weighted by atomic mass is 35.5. The van der Waals surface area contributed by atoms with Crippen molar-refractivity contribution in [3.63, 3.8) is 0 Å². The Bertz CT molecular complexity index is 3960. The molecule has 0 saturated carbocycles. The fraction of sp³-hybridized carbons (Fsp3) is 0.355. The third kappa shape index (κ3) is 15.3. The molecule has 3 atom stereocenters. The normalized spacial score (nSPS) is 12.2. The zero-order chi connectivity index (χ0) is 63.4. The molecule has 0 bridgehead atoms. The van der Waals surface area contributed by atoms with Gasteiger partial charge in [-0.3, -0.25) is 4.79 Å². The minimum atomic E-state index is -0.928. The van der Waals surface area contributed by atoms with Gasteiger partial charge in [0.25, 0.3) is 0 Å². The highest BCUT2D eigenvalue weighted by molar-refractivity contribution is 6.29. The van der Waals surface area contributed by atoms with Crippen LogP contribution in [-0.4, -0.2) is 117 Å². The average Bonchev–Trinajstić information content (AvgIpc) is 2.02. The van der Waals surface area contributed by atoms with Gasteiger partial charge in [0.15, 0.2) is 16.9 Å². The Morgan fingerprint density at radius 3 is 1.23 bits per heavy atom. The van der Waals surface area contributed by atoms with E-state index in [1.54, 1.807) is 48.7 Å². The molecule has 0 aliphatic rings. The zero-order valence-corrected chi connectivity index (χ0v) is 52.3. The van der Waals surface area contributed by atoms with Gasteiger partial charge < -0.3 is 51.4 Å². The van der Waals surface area contributed by atoms with Crippen molar-refractivity contribution in [1.82, 2.24) is 43.8 Å². The van der Waals surface area contributed by atoms with Crippen molar-refractivity contribution in [3.05, 3.63) is 129 Å². The predicted octanol–water partition coefficient (Wildman–Crippen LogP) is 10.8. The van der Waals surface area contributed by atoms with E-state index in [0.29, 0.717) is 47.3 Å². The third-order valence-corrected chi connectivity index (χ3v) is 14.1. The largest absolute Gasteiger partial charge is 0.497 e. The molecule has 0 fully saturated rings. The maximum Gasteiger partial charge on any atom is 0.357 e. The van der Waals surface area contributed by atoms with Crippen LogP contribution in [0.1, 0.15) is 97.8 Å². The van der Waals surface area contributed by atoms with E-state index in [-0.39, 0.29) is 5.84 Å². The Labute approximate surface area is 504 Å². The van der Waals surface area contributed by atoms with Crippen molar-refractivity contribution >= 4 is 63.9 Å². The molecule has 456 valence electrons. The first-order valence-electron chi connectivity index (χ1n) is 27.8. The lowest BCUT2D eigenvalue weighted by molar-refractivity contribution is -0.144. The minimum absolute atomic E-state index is 0.174. The monoisotopic (exact) mass is 1200 g/mol. The van der Waals surface area contributed by atoms with Crippen molar-refractivity contribution < 1.29 is 43.6 Å². The van der Waals surface area contributed by atoms with E-state index in [1.807, 2.05) is 142 Å². The molecule has 0 unspecified atom stereocenters. The Hall–Kier alpha value is -9.35. The molecular weight excluding hydrogens is 1120 g/mol. The van der Waals surface area contributed by atoms with E-state index in [2.05, 4.69) is 42.9 Å². The number of ether oxygens (including phenoxy) is 3. The van der Waals surface area contributed by atoms with Crippen molar-refractivity contribution in [3.8, 4) is 50.6 Å². The van der Waals surface area contributed by atoms with Gasteiger partial charge in [-0.2, -0.15) is 24.3 Å². The first kappa shape index (κ1) is 65.8. The van der Waals surface area contributed by atoms with Crippen molar-refractivity contribution in [2.75, 3.05) is 32.0 Å². The number of nitrogens with two attached hydrogens (primary N) is 2. The summed E-state index contributed by atoms with van der Waals surface area (Å²) in [5.41, 5.74) is 26.9. The molecule has 0 aliphatic carbocycles. The molecular formula is C62H77ClN14O9. The van der Waals surface area contributed by atoms with Crippen molar-refractivity contribution in [1.29, 1.82) is 0 Å². The van der Waals surface area contributed by atoms with Crippen LogP contribution in [0, 0.1) is 62.3 Å². The predicted molar refractivity (Wildman–Crippen MR) is 335 cm³/mol. The van der Waals surface area contributed by atoms with E-state index < -0.39 is 36.0 Å². The number of aromatic nitrogens is 9. The Morgan fingerprint density at radius 2 is 0.919 bits per heavy atom. The van der Waals surface area contributed by atoms with Gasteiger partial charge in [-0.25, -0.2) is 29.1 Å². The second kappa shape index (κ2) is 29.0. The number of nitrogens with zero attached hydrogens (tertiary/aromatic N) is 10. The summed E-state index contributed by atoms with van der Waals surface area (Å²) in [6.07, 6.45) is 1.45. The molecule has 0 spiro atoms. The van der Waals surface area contributed by atoms with Crippen LogP contribution in [-0.2, 0) is 19.2 Å². The highest BCUT2D eigenvalue weighted by Gasteiger charge is 2.25. The van der Waals surface area contributed by atoms with Gasteiger partial charge in [-0.15, -0.1) is 0 Å². The number of carbonyl (C=O) groups excluding carboxylic acids is 1. The number of halogens is 1. The average molecular weight is 1200 g/mol. The number of aliphatic carboxylic acids is 2. The molecule has 23 nitrogen and oxygen atoms in total. The van der Waals surface area contributed by atoms with Crippen LogP contribution in [0.3, 0.4) is 0 Å². The van der Waals surface area contributed by atoms with Crippen LogP contribution in [0.4, 0.5) is 11.6 Å². The number of methoxy groups -OCH3 is 3. The van der Waals surface area contributed by atoms with Crippen molar-refractivity contribution in [2.45, 2.75) is 127 Å². The lowest BCUT2D eigenvalue weighted by Gasteiger charge is -2.16. The van der Waals surface area contributed by atoms with Crippen LogP contribution in [0.5, 0.6) is 17.2 Å². The summed E-state index contributed by atoms with van der Waals surface area (Å²) in [4.78, 5) is 52.6. The number of hydrogen-bond acceptors (Lipinski definition) is 17. The Morgan fingerprint density at radius 1 is 0.558 bits per heavy atom. The Kier molecular flexibility index (Phi) is 22.2. The number of carboxylic acid groups (broad SMARTS) is 2. The lowest BCUT2D eigenvalue weighted by atomic mass is 10.0. The van der Waals surface area contributed by atoms with Gasteiger partial charge in [0.2, 0.25) is 0 Å². The minimum Gasteiger partial charge on any atom is -0.497 e.